The van der Waals surface area contributed by atoms with Crippen LogP contribution in [0.3, 0.4) is 0 Å². The minimum absolute atomic E-state index is 0.00681. The summed E-state index contributed by atoms with van der Waals surface area (Å²) in [4.78, 5) is 45.6. The molecule has 1 saturated carbocycles. The summed E-state index contributed by atoms with van der Waals surface area (Å²) in [6.07, 6.45) is 6.28. The van der Waals surface area contributed by atoms with E-state index < -0.39 is 5.97 Å². The number of amides is 1. The maximum atomic E-state index is 11.0. The van der Waals surface area contributed by atoms with Crippen LogP contribution in [0.15, 0.2) is 29.3 Å². The molecule has 9 heteroatoms. The normalized spacial score (nSPS) is 13.4. The highest BCUT2D eigenvalue weighted by molar-refractivity contribution is 5.95. The van der Waals surface area contributed by atoms with Gasteiger partial charge in [-0.2, -0.15) is 0 Å². The van der Waals surface area contributed by atoms with Gasteiger partial charge in [0.25, 0.3) is 0 Å². The Morgan fingerprint density at radius 3 is 2.29 bits per heavy atom. The van der Waals surface area contributed by atoms with E-state index in [0.717, 1.165) is 19.1 Å². The molecular formula is C22H34N4O5. The van der Waals surface area contributed by atoms with Crippen molar-refractivity contribution in [1.29, 1.82) is 0 Å². The summed E-state index contributed by atoms with van der Waals surface area (Å²) >= 11 is 0. The standard InChI is InChI=1S/C9H11N3O.C7H13NO3.C6H10O/c1-6(13)7-3-2-4-8(5-7)12-9(10)11;1-3-6(9)8-5(2)4-7(10)11;7-5-6-3-1-2-4-6/h2-5H,1H3,(H4,10,11,12);5H,3-4H2,1-2H3,(H,8,9)(H,10,11);5-6H,1-4H2. The van der Waals surface area contributed by atoms with Gasteiger partial charge in [0.2, 0.25) is 5.91 Å². The Morgan fingerprint density at radius 1 is 1.26 bits per heavy atom. The van der Waals surface area contributed by atoms with Gasteiger partial charge >= 0.3 is 5.97 Å². The second-order valence-corrected chi connectivity index (χ2v) is 7.24. The van der Waals surface area contributed by atoms with Gasteiger partial charge in [-0.25, -0.2) is 4.99 Å². The Labute approximate surface area is 183 Å². The number of hydrogen-bond donors (Lipinski definition) is 4. The van der Waals surface area contributed by atoms with Crippen molar-refractivity contribution < 1.29 is 24.3 Å². The van der Waals surface area contributed by atoms with Crippen molar-refractivity contribution in [2.75, 3.05) is 0 Å². The van der Waals surface area contributed by atoms with Gasteiger partial charge in [-0.05, 0) is 38.8 Å². The average molecular weight is 435 g/mol. The minimum atomic E-state index is -0.895. The maximum absolute atomic E-state index is 11.0. The van der Waals surface area contributed by atoms with E-state index in [1.807, 2.05) is 0 Å². The molecule has 0 spiro atoms. The van der Waals surface area contributed by atoms with Crippen LogP contribution in [0.4, 0.5) is 5.69 Å². The molecule has 1 atom stereocenters. The smallest absolute Gasteiger partial charge is 0.305 e. The quantitative estimate of drug-likeness (QED) is 0.221. The number of Topliss-reactive ketones (excluding diaryl/α,β-unsaturated/α-hetero) is 1. The van der Waals surface area contributed by atoms with Crippen LogP contribution in [-0.4, -0.2) is 41.1 Å². The van der Waals surface area contributed by atoms with E-state index in [0.29, 0.717) is 23.6 Å². The number of hydrogen-bond acceptors (Lipinski definition) is 5. The maximum Gasteiger partial charge on any atom is 0.305 e. The summed E-state index contributed by atoms with van der Waals surface area (Å²) in [5.41, 5.74) is 11.6. The van der Waals surface area contributed by atoms with Crippen LogP contribution in [-0.2, 0) is 14.4 Å². The number of carbonyl (C=O) groups is 4. The van der Waals surface area contributed by atoms with Gasteiger partial charge in [-0.1, -0.05) is 31.9 Å². The van der Waals surface area contributed by atoms with Crippen LogP contribution in [0.2, 0.25) is 0 Å². The van der Waals surface area contributed by atoms with Crippen molar-refractivity contribution in [1.82, 2.24) is 5.32 Å². The van der Waals surface area contributed by atoms with Crippen LogP contribution in [0.5, 0.6) is 0 Å². The Hall–Kier alpha value is -3.23. The number of aliphatic carboxylic acids is 1. The third-order valence-electron chi connectivity index (χ3n) is 4.31. The Bertz CT molecular complexity index is 754. The number of nitrogens with zero attached hydrogens (tertiary/aromatic N) is 1. The summed E-state index contributed by atoms with van der Waals surface area (Å²) < 4.78 is 0. The first-order valence-electron chi connectivity index (χ1n) is 10.3. The number of ketones is 1. The second kappa shape index (κ2) is 15.6. The minimum Gasteiger partial charge on any atom is -0.481 e. The van der Waals surface area contributed by atoms with Gasteiger partial charge in [0, 0.05) is 23.9 Å². The lowest BCUT2D eigenvalue weighted by molar-refractivity contribution is -0.137. The summed E-state index contributed by atoms with van der Waals surface area (Å²) in [6.45, 7) is 4.89. The van der Waals surface area contributed by atoms with Gasteiger partial charge in [-0.15, -0.1) is 0 Å². The monoisotopic (exact) mass is 434 g/mol. The van der Waals surface area contributed by atoms with Gasteiger partial charge in [0.05, 0.1) is 12.1 Å². The van der Waals surface area contributed by atoms with E-state index in [-0.39, 0.29) is 30.1 Å². The summed E-state index contributed by atoms with van der Waals surface area (Å²) in [5, 5.41) is 10.9. The molecule has 0 saturated heterocycles. The van der Waals surface area contributed by atoms with Crippen LogP contribution in [0.1, 0.15) is 69.7 Å². The lowest BCUT2D eigenvalue weighted by atomic mass is 10.1. The fourth-order valence-corrected chi connectivity index (χ4v) is 2.73. The molecule has 1 unspecified atom stereocenters. The molecule has 0 bridgehead atoms. The van der Waals surface area contributed by atoms with E-state index >= 15 is 0 Å². The van der Waals surface area contributed by atoms with Crippen LogP contribution < -0.4 is 16.8 Å². The van der Waals surface area contributed by atoms with Crippen molar-refractivity contribution >= 4 is 35.6 Å². The largest absolute Gasteiger partial charge is 0.481 e. The number of carboxylic acid groups (broad SMARTS) is 1. The molecule has 9 nitrogen and oxygen atoms in total. The number of aliphatic imine (C=N–C) groups is 1. The fourth-order valence-electron chi connectivity index (χ4n) is 2.73. The first-order valence-corrected chi connectivity index (χ1v) is 10.3. The van der Waals surface area contributed by atoms with Gasteiger partial charge in [0.1, 0.15) is 6.29 Å². The molecule has 1 aliphatic carbocycles. The highest BCUT2D eigenvalue weighted by atomic mass is 16.4. The summed E-state index contributed by atoms with van der Waals surface area (Å²) in [7, 11) is 0. The predicted octanol–water partition coefficient (Wildman–Crippen LogP) is 2.55. The van der Waals surface area contributed by atoms with Gasteiger partial charge in [0.15, 0.2) is 11.7 Å². The van der Waals surface area contributed by atoms with E-state index in [1.165, 1.54) is 19.8 Å². The van der Waals surface area contributed by atoms with Crippen LogP contribution >= 0.6 is 0 Å². The van der Waals surface area contributed by atoms with Crippen molar-refractivity contribution in [3.8, 4) is 0 Å². The van der Waals surface area contributed by atoms with E-state index in [1.54, 1.807) is 38.1 Å². The number of carboxylic acids is 1. The highest BCUT2D eigenvalue weighted by Crippen LogP contribution is 2.21. The molecule has 6 N–H and O–H groups in total. The topological polar surface area (TPSA) is 165 Å². The zero-order chi connectivity index (χ0) is 23.8. The summed E-state index contributed by atoms with van der Waals surface area (Å²) in [5.74, 6) is -0.610. The molecule has 172 valence electrons. The third kappa shape index (κ3) is 14.4. The number of benzene rings is 1. The number of rotatable bonds is 7. The van der Waals surface area contributed by atoms with Gasteiger partial charge in [-0.3, -0.25) is 14.4 Å². The van der Waals surface area contributed by atoms with Crippen LogP contribution in [0, 0.1) is 5.92 Å². The van der Waals surface area contributed by atoms with E-state index in [2.05, 4.69) is 10.3 Å². The number of nitrogens with two attached hydrogens (primary N) is 2. The Morgan fingerprint density at radius 2 is 1.87 bits per heavy atom. The van der Waals surface area contributed by atoms with Crippen molar-refractivity contribution in [3.05, 3.63) is 29.8 Å². The van der Waals surface area contributed by atoms with Crippen molar-refractivity contribution in [2.45, 2.75) is 65.3 Å². The van der Waals surface area contributed by atoms with E-state index in [4.69, 9.17) is 16.6 Å². The Balaban J connectivity index is 0.000000454. The summed E-state index contributed by atoms with van der Waals surface area (Å²) in [6, 6.07) is 6.54. The Kier molecular flexibility index (Phi) is 14.0. The zero-order valence-electron chi connectivity index (χ0n) is 18.5. The SMILES string of the molecule is CC(=O)c1cccc(N=C(N)N)c1.CCC(=O)NC(C)CC(=O)O.O=CC1CCCC1. The second-order valence-electron chi connectivity index (χ2n) is 7.24. The van der Waals surface area contributed by atoms with Crippen LogP contribution in [0.25, 0.3) is 0 Å². The molecular weight excluding hydrogens is 400 g/mol. The van der Waals surface area contributed by atoms with Crippen molar-refractivity contribution in [2.24, 2.45) is 22.4 Å². The molecule has 1 amide bonds. The molecule has 31 heavy (non-hydrogen) atoms. The third-order valence-corrected chi connectivity index (χ3v) is 4.31. The van der Waals surface area contributed by atoms with E-state index in [9.17, 15) is 19.2 Å². The zero-order valence-corrected chi connectivity index (χ0v) is 18.5. The number of carbonyl (C=O) groups excluding carboxylic acids is 3. The molecule has 1 aromatic rings. The lowest BCUT2D eigenvalue weighted by Crippen LogP contribution is -2.33. The molecule has 0 heterocycles. The first-order chi connectivity index (χ1) is 14.6. The number of aldehydes is 1. The molecule has 0 aliphatic heterocycles. The fraction of sp³-hybridized carbons (Fsp3) is 0.500. The molecule has 1 aromatic carbocycles. The molecule has 1 fully saturated rings. The van der Waals surface area contributed by atoms with Gasteiger partial charge < -0.3 is 26.7 Å². The molecule has 1 aliphatic rings. The first kappa shape index (κ1) is 27.8. The lowest BCUT2D eigenvalue weighted by Gasteiger charge is -2.09. The number of guanidine groups is 1. The highest BCUT2D eigenvalue weighted by Gasteiger charge is 2.12. The average Bonchev–Trinajstić information content (AvgIpc) is 3.22. The number of nitrogens with one attached hydrogen (secondary N) is 1. The predicted molar refractivity (Wildman–Crippen MR) is 120 cm³/mol. The molecule has 2 rings (SSSR count). The van der Waals surface area contributed by atoms with Crippen molar-refractivity contribution in [3.63, 3.8) is 0 Å². The molecule has 0 radical (unpaired) electrons. The molecule has 0 aromatic heterocycles.